The number of carbonyl (C=O) groups excluding carboxylic acids is 1. The van der Waals surface area contributed by atoms with E-state index >= 15 is 0 Å². The Labute approximate surface area is 160 Å². The number of aliphatic carboxylic acids is 1. The van der Waals surface area contributed by atoms with E-state index in [0.29, 0.717) is 23.3 Å². The number of carboxylic acid groups (broad SMARTS) is 1. The van der Waals surface area contributed by atoms with Crippen LogP contribution in [0.15, 0.2) is 63.8 Å². The minimum Gasteiger partial charge on any atom is -0.484 e. The summed E-state index contributed by atoms with van der Waals surface area (Å²) in [6.07, 6.45) is 0.681. The lowest BCUT2D eigenvalue weighted by atomic mass is 10.1. The largest absolute Gasteiger partial charge is 0.484 e. The predicted molar refractivity (Wildman–Crippen MR) is 102 cm³/mol. The lowest BCUT2D eigenvalue weighted by molar-refractivity contribution is -0.142. The van der Waals surface area contributed by atoms with Gasteiger partial charge in [0.1, 0.15) is 11.3 Å². The van der Waals surface area contributed by atoms with Crippen LogP contribution in [0.3, 0.4) is 0 Å². The number of amides is 1. The topological polar surface area (TPSA) is 106 Å². The summed E-state index contributed by atoms with van der Waals surface area (Å²) in [4.78, 5) is 35.2. The van der Waals surface area contributed by atoms with Crippen molar-refractivity contribution in [2.75, 3.05) is 6.61 Å². The van der Waals surface area contributed by atoms with Crippen LogP contribution in [0, 0.1) is 0 Å². The van der Waals surface area contributed by atoms with E-state index in [1.807, 2.05) is 6.92 Å². The fourth-order valence-corrected chi connectivity index (χ4v) is 2.88. The zero-order valence-corrected chi connectivity index (χ0v) is 15.2. The highest BCUT2D eigenvalue weighted by Gasteiger charge is 2.22. The highest BCUT2D eigenvalue weighted by molar-refractivity contribution is 5.85. The minimum atomic E-state index is -1.17. The number of rotatable bonds is 7. The van der Waals surface area contributed by atoms with Crippen molar-refractivity contribution in [2.45, 2.75) is 19.4 Å². The molecule has 1 unspecified atom stereocenters. The predicted octanol–water partition coefficient (Wildman–Crippen LogP) is 2.68. The second kappa shape index (κ2) is 8.39. The van der Waals surface area contributed by atoms with Crippen LogP contribution in [0.1, 0.15) is 24.1 Å². The number of benzene rings is 2. The quantitative estimate of drug-likeness (QED) is 0.610. The van der Waals surface area contributed by atoms with Gasteiger partial charge in [-0.15, -0.1) is 0 Å². The number of aryl methyl sites for hydroxylation is 1. The van der Waals surface area contributed by atoms with Gasteiger partial charge >= 0.3 is 11.6 Å². The first kappa shape index (κ1) is 19.2. The van der Waals surface area contributed by atoms with Gasteiger partial charge in [0, 0.05) is 17.5 Å². The molecule has 3 rings (SSSR count). The molecule has 144 valence electrons. The van der Waals surface area contributed by atoms with Crippen molar-refractivity contribution >= 4 is 22.8 Å². The molecule has 1 amide bonds. The Morgan fingerprint density at radius 2 is 1.89 bits per heavy atom. The second-order valence-corrected chi connectivity index (χ2v) is 6.14. The number of carboxylic acids is 1. The molecule has 7 nitrogen and oxygen atoms in total. The number of fused-ring (bicyclic) bond motifs is 1. The van der Waals surface area contributed by atoms with Crippen LogP contribution in [0.5, 0.6) is 5.75 Å². The van der Waals surface area contributed by atoms with Crippen LogP contribution in [-0.2, 0) is 16.0 Å². The summed E-state index contributed by atoms with van der Waals surface area (Å²) in [5, 5.41) is 12.6. The Bertz CT molecular complexity index is 1060. The molecule has 0 fully saturated rings. The van der Waals surface area contributed by atoms with Crippen molar-refractivity contribution in [1.29, 1.82) is 0 Å². The Morgan fingerprint density at radius 1 is 1.14 bits per heavy atom. The SMILES string of the molecule is CCc1cc(=O)oc2cc(OCC(=O)NC(C(=O)O)c3ccccc3)ccc12. The zero-order valence-electron chi connectivity index (χ0n) is 15.2. The summed E-state index contributed by atoms with van der Waals surface area (Å²) in [7, 11) is 0. The number of hydrogen-bond donors (Lipinski definition) is 2. The molecule has 0 saturated heterocycles. The fraction of sp³-hybridized carbons (Fsp3) is 0.190. The molecule has 1 heterocycles. The second-order valence-electron chi connectivity index (χ2n) is 6.14. The third-order valence-corrected chi connectivity index (χ3v) is 4.24. The van der Waals surface area contributed by atoms with E-state index in [1.54, 1.807) is 42.5 Å². The van der Waals surface area contributed by atoms with Gasteiger partial charge in [0.2, 0.25) is 0 Å². The Hall–Kier alpha value is -3.61. The third-order valence-electron chi connectivity index (χ3n) is 4.24. The number of carbonyl (C=O) groups is 2. The highest BCUT2D eigenvalue weighted by Crippen LogP contribution is 2.23. The van der Waals surface area contributed by atoms with Gasteiger partial charge in [-0.05, 0) is 29.7 Å². The van der Waals surface area contributed by atoms with E-state index in [4.69, 9.17) is 9.15 Å². The Kier molecular flexibility index (Phi) is 5.74. The highest BCUT2D eigenvalue weighted by atomic mass is 16.5. The summed E-state index contributed by atoms with van der Waals surface area (Å²) in [5.74, 6) is -1.41. The van der Waals surface area contributed by atoms with Crippen molar-refractivity contribution in [3.8, 4) is 5.75 Å². The fourth-order valence-electron chi connectivity index (χ4n) is 2.88. The standard InChI is InChI=1S/C21H19NO6/c1-2-13-10-19(24)28-17-11-15(8-9-16(13)17)27-12-18(23)22-20(21(25)26)14-6-4-3-5-7-14/h3-11,20H,2,12H2,1H3,(H,22,23)(H,25,26). The van der Waals surface area contributed by atoms with E-state index in [2.05, 4.69) is 5.32 Å². The van der Waals surface area contributed by atoms with Gasteiger partial charge in [0.05, 0.1) is 0 Å². The van der Waals surface area contributed by atoms with Crippen LogP contribution in [0.25, 0.3) is 11.0 Å². The van der Waals surface area contributed by atoms with Gasteiger partial charge in [0.25, 0.3) is 5.91 Å². The van der Waals surface area contributed by atoms with Crippen LogP contribution < -0.4 is 15.7 Å². The summed E-state index contributed by atoms with van der Waals surface area (Å²) in [6.45, 7) is 1.56. The van der Waals surface area contributed by atoms with Gasteiger partial charge in [-0.2, -0.15) is 0 Å². The minimum absolute atomic E-state index is 0.339. The number of ether oxygens (including phenoxy) is 1. The third kappa shape index (κ3) is 4.37. The molecule has 3 aromatic rings. The molecule has 1 atom stereocenters. The molecule has 0 saturated carbocycles. The van der Waals surface area contributed by atoms with Gasteiger partial charge in [-0.25, -0.2) is 9.59 Å². The zero-order chi connectivity index (χ0) is 20.1. The van der Waals surface area contributed by atoms with Crippen LogP contribution >= 0.6 is 0 Å². The molecule has 0 radical (unpaired) electrons. The number of hydrogen-bond acceptors (Lipinski definition) is 5. The average Bonchev–Trinajstić information content (AvgIpc) is 2.69. The van der Waals surface area contributed by atoms with E-state index < -0.39 is 23.5 Å². The molecule has 7 heteroatoms. The molecular formula is C21H19NO6. The maximum Gasteiger partial charge on any atom is 0.336 e. The Balaban J connectivity index is 1.70. The van der Waals surface area contributed by atoms with Crippen molar-refractivity contribution in [1.82, 2.24) is 5.32 Å². The molecule has 0 aliphatic rings. The molecule has 1 aromatic heterocycles. The number of nitrogens with one attached hydrogen (secondary N) is 1. The van der Waals surface area contributed by atoms with E-state index in [9.17, 15) is 19.5 Å². The van der Waals surface area contributed by atoms with Gasteiger partial charge in [-0.3, -0.25) is 4.79 Å². The molecule has 0 aliphatic carbocycles. The van der Waals surface area contributed by atoms with E-state index in [0.717, 1.165) is 10.9 Å². The molecule has 2 N–H and O–H groups in total. The molecule has 0 spiro atoms. The van der Waals surface area contributed by atoms with Gasteiger partial charge < -0.3 is 19.6 Å². The van der Waals surface area contributed by atoms with Crippen LogP contribution in [-0.4, -0.2) is 23.6 Å². The first-order chi connectivity index (χ1) is 13.5. The molecule has 0 aliphatic heterocycles. The molecule has 0 bridgehead atoms. The smallest absolute Gasteiger partial charge is 0.336 e. The molecule has 28 heavy (non-hydrogen) atoms. The maximum absolute atomic E-state index is 12.1. The van der Waals surface area contributed by atoms with Crippen molar-refractivity contribution in [3.05, 3.63) is 76.1 Å². The first-order valence-electron chi connectivity index (χ1n) is 8.74. The van der Waals surface area contributed by atoms with Gasteiger partial charge in [0.15, 0.2) is 12.6 Å². The lowest BCUT2D eigenvalue weighted by Gasteiger charge is -2.15. The van der Waals surface area contributed by atoms with Crippen molar-refractivity contribution < 1.29 is 23.8 Å². The average molecular weight is 381 g/mol. The maximum atomic E-state index is 12.1. The lowest BCUT2D eigenvalue weighted by Crippen LogP contribution is -2.36. The summed E-state index contributed by atoms with van der Waals surface area (Å²) < 4.78 is 10.6. The summed E-state index contributed by atoms with van der Waals surface area (Å²) in [5.41, 5.74) is 1.24. The van der Waals surface area contributed by atoms with Gasteiger partial charge in [-0.1, -0.05) is 37.3 Å². The molecular weight excluding hydrogens is 362 g/mol. The van der Waals surface area contributed by atoms with E-state index in [-0.39, 0.29) is 6.61 Å². The van der Waals surface area contributed by atoms with Crippen molar-refractivity contribution in [3.63, 3.8) is 0 Å². The van der Waals surface area contributed by atoms with Crippen LogP contribution in [0.2, 0.25) is 0 Å². The van der Waals surface area contributed by atoms with Crippen molar-refractivity contribution in [2.24, 2.45) is 0 Å². The van der Waals surface area contributed by atoms with Crippen LogP contribution in [0.4, 0.5) is 0 Å². The summed E-state index contributed by atoms with van der Waals surface area (Å²) >= 11 is 0. The normalized spacial score (nSPS) is 11.8. The Morgan fingerprint density at radius 3 is 2.57 bits per heavy atom. The summed E-state index contributed by atoms with van der Waals surface area (Å²) in [6, 6.07) is 13.6. The molecule has 2 aromatic carbocycles. The van der Waals surface area contributed by atoms with E-state index in [1.165, 1.54) is 12.1 Å². The monoisotopic (exact) mass is 381 g/mol. The first-order valence-corrected chi connectivity index (χ1v) is 8.74.